The van der Waals surface area contributed by atoms with Crippen LogP contribution in [0.5, 0.6) is 5.75 Å². The van der Waals surface area contributed by atoms with Crippen molar-refractivity contribution in [2.45, 2.75) is 19.4 Å². The predicted octanol–water partition coefficient (Wildman–Crippen LogP) is 4.89. The molecule has 8 heteroatoms. The Morgan fingerprint density at radius 1 is 1.09 bits per heavy atom. The molecule has 0 spiro atoms. The number of aryl methyl sites for hydroxylation is 1. The van der Waals surface area contributed by atoms with Gasteiger partial charge in [0.15, 0.2) is 5.13 Å². The van der Waals surface area contributed by atoms with Crippen LogP contribution >= 0.6 is 11.3 Å². The number of fused-ring (bicyclic) bond motifs is 1. The van der Waals surface area contributed by atoms with Gasteiger partial charge in [-0.15, -0.1) is 0 Å². The van der Waals surface area contributed by atoms with E-state index in [9.17, 15) is 14.7 Å². The molecule has 4 aromatic rings. The van der Waals surface area contributed by atoms with Crippen LogP contribution in [0.15, 0.2) is 72.6 Å². The van der Waals surface area contributed by atoms with Crippen molar-refractivity contribution in [2.75, 3.05) is 12.0 Å². The molecule has 0 bridgehead atoms. The lowest BCUT2D eigenvalue weighted by molar-refractivity contribution is -0.132. The molecule has 5 rings (SSSR count). The Balaban J connectivity index is 1.71. The summed E-state index contributed by atoms with van der Waals surface area (Å²) < 4.78 is 6.13. The number of hydrogen-bond donors (Lipinski definition) is 1. The minimum Gasteiger partial charge on any atom is -0.507 e. The van der Waals surface area contributed by atoms with Gasteiger partial charge in [-0.05, 0) is 47.9 Å². The van der Waals surface area contributed by atoms with Gasteiger partial charge in [0.05, 0.1) is 28.9 Å². The second-order valence-corrected chi connectivity index (χ2v) is 8.84. The van der Waals surface area contributed by atoms with Crippen molar-refractivity contribution >= 4 is 44.1 Å². The highest BCUT2D eigenvalue weighted by Crippen LogP contribution is 2.44. The Hall–Kier alpha value is -4.04. The van der Waals surface area contributed by atoms with Gasteiger partial charge in [0, 0.05) is 18.0 Å². The average molecular weight is 472 g/mol. The van der Waals surface area contributed by atoms with Gasteiger partial charge >= 0.3 is 5.91 Å². The number of ketones is 1. The monoisotopic (exact) mass is 471 g/mol. The van der Waals surface area contributed by atoms with Crippen LogP contribution in [-0.2, 0) is 16.0 Å². The number of amides is 1. The summed E-state index contributed by atoms with van der Waals surface area (Å²) in [6, 6.07) is 15.5. The van der Waals surface area contributed by atoms with Gasteiger partial charge in [-0.3, -0.25) is 19.5 Å². The maximum Gasteiger partial charge on any atom is 0.301 e. The number of ether oxygens (including phenoxy) is 1. The molecule has 1 unspecified atom stereocenters. The van der Waals surface area contributed by atoms with Crippen LogP contribution in [-0.4, -0.2) is 33.9 Å². The number of aliphatic hydroxyl groups is 1. The molecule has 0 saturated carbocycles. The summed E-state index contributed by atoms with van der Waals surface area (Å²) in [7, 11) is 1.58. The number of hydrogen-bond acceptors (Lipinski definition) is 7. The first kappa shape index (κ1) is 21.8. The number of thiazole rings is 1. The number of Topliss-reactive ketones (excluding diaryl/α,β-unsaturated/α-hetero) is 1. The normalized spacial score (nSPS) is 17.5. The Morgan fingerprint density at radius 3 is 2.50 bits per heavy atom. The molecule has 2 aromatic carbocycles. The van der Waals surface area contributed by atoms with E-state index in [2.05, 4.69) is 16.9 Å². The molecule has 0 aliphatic carbocycles. The SMILES string of the molecule is CCc1ccc(C2/C(=C(\O)c3ccncc3)C(=O)C(=O)N2c2nc3ccc(OC)cc3s2)cc1. The van der Waals surface area contributed by atoms with Crippen molar-refractivity contribution in [1.82, 2.24) is 9.97 Å². The maximum absolute atomic E-state index is 13.3. The molecule has 170 valence electrons. The Bertz CT molecular complexity index is 1430. The molecule has 0 radical (unpaired) electrons. The van der Waals surface area contributed by atoms with E-state index in [1.54, 1.807) is 25.3 Å². The van der Waals surface area contributed by atoms with Crippen LogP contribution in [0.4, 0.5) is 5.13 Å². The van der Waals surface area contributed by atoms with Gasteiger partial charge in [-0.2, -0.15) is 0 Å². The van der Waals surface area contributed by atoms with Crippen LogP contribution < -0.4 is 9.64 Å². The molecule has 1 aliphatic rings. The van der Waals surface area contributed by atoms with Crippen molar-refractivity contribution in [3.05, 3.63) is 89.3 Å². The molecule has 1 aliphatic heterocycles. The molecule has 1 amide bonds. The van der Waals surface area contributed by atoms with E-state index in [4.69, 9.17) is 4.74 Å². The Morgan fingerprint density at radius 2 is 1.82 bits per heavy atom. The van der Waals surface area contributed by atoms with Gasteiger partial charge in [0.25, 0.3) is 5.78 Å². The number of pyridine rings is 1. The number of nitrogens with zero attached hydrogens (tertiary/aromatic N) is 3. The van der Waals surface area contributed by atoms with E-state index in [1.807, 2.05) is 36.4 Å². The largest absolute Gasteiger partial charge is 0.507 e. The zero-order valence-corrected chi connectivity index (χ0v) is 19.4. The first-order chi connectivity index (χ1) is 16.5. The number of aliphatic hydroxyl groups excluding tert-OH is 1. The van der Waals surface area contributed by atoms with Crippen LogP contribution in [0.2, 0.25) is 0 Å². The van der Waals surface area contributed by atoms with E-state index in [0.717, 1.165) is 16.7 Å². The molecule has 2 aromatic heterocycles. The third-order valence-corrected chi connectivity index (χ3v) is 6.91. The van der Waals surface area contributed by atoms with E-state index in [1.165, 1.54) is 28.6 Å². The summed E-state index contributed by atoms with van der Waals surface area (Å²) in [6.07, 6.45) is 3.91. The van der Waals surface area contributed by atoms with Crippen LogP contribution in [0, 0.1) is 0 Å². The molecule has 34 heavy (non-hydrogen) atoms. The highest BCUT2D eigenvalue weighted by Gasteiger charge is 2.48. The van der Waals surface area contributed by atoms with Gasteiger partial charge in [-0.25, -0.2) is 4.98 Å². The highest BCUT2D eigenvalue weighted by atomic mass is 32.1. The molecular weight excluding hydrogens is 450 g/mol. The number of anilines is 1. The summed E-state index contributed by atoms with van der Waals surface area (Å²) >= 11 is 1.29. The molecule has 1 saturated heterocycles. The quantitative estimate of drug-likeness (QED) is 0.253. The summed E-state index contributed by atoms with van der Waals surface area (Å²) in [6.45, 7) is 2.06. The van der Waals surface area contributed by atoms with E-state index in [-0.39, 0.29) is 11.3 Å². The van der Waals surface area contributed by atoms with E-state index in [0.29, 0.717) is 27.5 Å². The predicted molar refractivity (Wildman–Crippen MR) is 131 cm³/mol. The molecule has 1 atom stereocenters. The van der Waals surface area contributed by atoms with Crippen molar-refractivity contribution in [2.24, 2.45) is 0 Å². The lowest BCUT2D eigenvalue weighted by atomic mass is 9.95. The zero-order valence-electron chi connectivity index (χ0n) is 18.6. The first-order valence-electron chi connectivity index (χ1n) is 10.8. The maximum atomic E-state index is 13.3. The lowest BCUT2D eigenvalue weighted by Gasteiger charge is -2.23. The second-order valence-electron chi connectivity index (χ2n) is 7.83. The average Bonchev–Trinajstić information content (AvgIpc) is 3.41. The van der Waals surface area contributed by atoms with Crippen LogP contribution in [0.3, 0.4) is 0 Å². The summed E-state index contributed by atoms with van der Waals surface area (Å²) in [5.74, 6) is -1.05. The standard InChI is InChI=1S/C26H21N3O4S/c1-3-15-4-6-16(7-5-15)22-21(23(30)17-10-12-27-13-11-17)24(31)25(32)29(22)26-28-19-9-8-18(33-2)14-20(19)34-26/h4-14,22,30H,3H2,1-2H3/b23-21+. The van der Waals surface area contributed by atoms with Crippen LogP contribution in [0.25, 0.3) is 16.0 Å². The lowest BCUT2D eigenvalue weighted by Crippen LogP contribution is -2.29. The van der Waals surface area contributed by atoms with Crippen molar-refractivity contribution in [1.29, 1.82) is 0 Å². The number of aromatic nitrogens is 2. The number of methoxy groups -OCH3 is 1. The summed E-state index contributed by atoms with van der Waals surface area (Å²) in [5, 5.41) is 11.5. The van der Waals surface area contributed by atoms with Crippen molar-refractivity contribution in [3.8, 4) is 5.75 Å². The third kappa shape index (κ3) is 3.62. The number of carbonyl (C=O) groups excluding carboxylic acids is 2. The molecule has 7 nitrogen and oxygen atoms in total. The van der Waals surface area contributed by atoms with Gasteiger partial charge in [0.1, 0.15) is 11.5 Å². The third-order valence-electron chi connectivity index (χ3n) is 5.89. The number of rotatable bonds is 5. The number of benzene rings is 2. The van der Waals surface area contributed by atoms with Gasteiger partial charge in [0.2, 0.25) is 0 Å². The molecular formula is C26H21N3O4S. The second kappa shape index (κ2) is 8.72. The molecule has 1 N–H and O–H groups in total. The fraction of sp³-hybridized carbons (Fsp3) is 0.154. The number of carbonyl (C=O) groups is 2. The zero-order chi connectivity index (χ0) is 23.8. The summed E-state index contributed by atoms with van der Waals surface area (Å²) in [4.78, 5) is 36.6. The van der Waals surface area contributed by atoms with Gasteiger partial charge in [-0.1, -0.05) is 42.5 Å². The molecule has 1 fully saturated rings. The van der Waals surface area contributed by atoms with Crippen LogP contribution in [0.1, 0.15) is 29.7 Å². The Labute approximate surface area is 200 Å². The minimum atomic E-state index is -0.818. The van der Waals surface area contributed by atoms with Crippen molar-refractivity contribution in [3.63, 3.8) is 0 Å². The van der Waals surface area contributed by atoms with Gasteiger partial charge < -0.3 is 9.84 Å². The van der Waals surface area contributed by atoms with E-state index < -0.39 is 17.7 Å². The molecule has 3 heterocycles. The smallest absolute Gasteiger partial charge is 0.301 e. The summed E-state index contributed by atoms with van der Waals surface area (Å²) in [5.41, 5.74) is 2.97. The van der Waals surface area contributed by atoms with E-state index >= 15 is 0 Å². The topological polar surface area (TPSA) is 92.6 Å². The fourth-order valence-corrected chi connectivity index (χ4v) is 5.09. The van der Waals surface area contributed by atoms with Crippen molar-refractivity contribution < 1.29 is 19.4 Å². The highest BCUT2D eigenvalue weighted by molar-refractivity contribution is 7.22. The minimum absolute atomic E-state index is 0.0253. The Kier molecular flexibility index (Phi) is 5.59. The fourth-order valence-electron chi connectivity index (χ4n) is 4.07. The first-order valence-corrected chi connectivity index (χ1v) is 11.6.